The van der Waals surface area contributed by atoms with E-state index in [1.165, 1.54) is 6.42 Å². The molecule has 5 saturated carbocycles. The summed E-state index contributed by atoms with van der Waals surface area (Å²) < 4.78 is 11.5. The van der Waals surface area contributed by atoms with Crippen molar-refractivity contribution in [1.29, 1.82) is 0 Å². The number of esters is 2. The summed E-state index contributed by atoms with van der Waals surface area (Å²) in [6.45, 7) is 3.68. The van der Waals surface area contributed by atoms with Crippen molar-refractivity contribution in [2.75, 3.05) is 0 Å². The third-order valence-corrected chi connectivity index (χ3v) is 8.19. The maximum atomic E-state index is 12.7. The highest BCUT2D eigenvalue weighted by molar-refractivity contribution is 5.97. The molecule has 4 unspecified atom stereocenters. The smallest absolute Gasteiger partial charge is 0.347 e. The van der Waals surface area contributed by atoms with Crippen LogP contribution >= 0.6 is 0 Å². The number of carbonyl (C=O) groups excluding carboxylic acids is 3. The van der Waals surface area contributed by atoms with Gasteiger partial charge in [-0.25, -0.2) is 4.79 Å². The summed E-state index contributed by atoms with van der Waals surface area (Å²) in [5.74, 6) is 0.740. The van der Waals surface area contributed by atoms with Gasteiger partial charge in [0.25, 0.3) is 0 Å². The largest absolute Gasteiger partial charge is 0.456 e. The molecule has 6 bridgehead atoms. The lowest BCUT2D eigenvalue weighted by atomic mass is 9.50. The molecule has 6 aliphatic rings. The highest BCUT2D eigenvalue weighted by Gasteiger charge is 2.57. The summed E-state index contributed by atoms with van der Waals surface area (Å²) in [6, 6.07) is 0. The van der Waals surface area contributed by atoms with Crippen LogP contribution in [-0.2, 0) is 23.9 Å². The van der Waals surface area contributed by atoms with Gasteiger partial charge in [-0.1, -0.05) is 12.2 Å². The molecule has 0 aromatic carbocycles. The van der Waals surface area contributed by atoms with Crippen LogP contribution in [0, 0.1) is 41.4 Å². The van der Waals surface area contributed by atoms with Crippen LogP contribution in [0.2, 0.25) is 0 Å². The van der Waals surface area contributed by atoms with Crippen molar-refractivity contribution in [1.82, 2.24) is 0 Å². The fourth-order valence-corrected chi connectivity index (χ4v) is 6.78. The molecule has 0 aliphatic heterocycles. The van der Waals surface area contributed by atoms with Gasteiger partial charge in [0.1, 0.15) is 11.4 Å². The average Bonchev–Trinajstić information content (AvgIpc) is 3.14. The van der Waals surface area contributed by atoms with Crippen molar-refractivity contribution < 1.29 is 23.9 Å². The lowest BCUT2D eigenvalue weighted by Gasteiger charge is -2.59. The van der Waals surface area contributed by atoms with Gasteiger partial charge in [-0.2, -0.15) is 0 Å². The molecule has 0 heterocycles. The van der Waals surface area contributed by atoms with E-state index in [2.05, 4.69) is 6.92 Å². The van der Waals surface area contributed by atoms with Crippen molar-refractivity contribution >= 4 is 17.7 Å². The van der Waals surface area contributed by atoms with Gasteiger partial charge in [0.05, 0.1) is 5.92 Å². The highest BCUT2D eigenvalue weighted by atomic mass is 16.6. The normalized spacial score (nSPS) is 47.3. The van der Waals surface area contributed by atoms with E-state index in [9.17, 15) is 14.4 Å². The minimum absolute atomic E-state index is 0.105. The van der Waals surface area contributed by atoms with Gasteiger partial charge >= 0.3 is 11.9 Å². The van der Waals surface area contributed by atoms with E-state index >= 15 is 0 Å². The Balaban J connectivity index is 1.22. The third-order valence-electron chi connectivity index (χ3n) is 8.19. The van der Waals surface area contributed by atoms with Crippen LogP contribution in [0.15, 0.2) is 12.2 Å². The van der Waals surface area contributed by atoms with Crippen LogP contribution in [-0.4, -0.2) is 29.4 Å². The van der Waals surface area contributed by atoms with Crippen LogP contribution in [0.4, 0.5) is 0 Å². The van der Waals surface area contributed by atoms with Gasteiger partial charge < -0.3 is 9.47 Å². The molecule has 6 aliphatic carbocycles. The fourth-order valence-electron chi connectivity index (χ4n) is 6.78. The number of ketones is 1. The summed E-state index contributed by atoms with van der Waals surface area (Å²) in [4.78, 5) is 37.2. The Labute approximate surface area is 159 Å². The zero-order chi connectivity index (χ0) is 18.9. The van der Waals surface area contributed by atoms with Gasteiger partial charge in [-0.3, -0.25) is 9.59 Å². The van der Waals surface area contributed by atoms with Crippen molar-refractivity contribution in [3.05, 3.63) is 12.2 Å². The number of allylic oxidation sites excluding steroid dienone is 2. The second-order valence-corrected chi connectivity index (χ2v) is 9.75. The van der Waals surface area contributed by atoms with Gasteiger partial charge in [0, 0.05) is 11.8 Å². The van der Waals surface area contributed by atoms with Gasteiger partial charge in [0.15, 0.2) is 6.10 Å². The Morgan fingerprint density at radius 3 is 2.19 bits per heavy atom. The summed E-state index contributed by atoms with van der Waals surface area (Å²) in [7, 11) is 0. The molecule has 27 heavy (non-hydrogen) atoms. The van der Waals surface area contributed by atoms with E-state index in [0.717, 1.165) is 37.5 Å². The molecule has 0 saturated heterocycles. The molecule has 5 nitrogen and oxygen atoms in total. The van der Waals surface area contributed by atoms with Crippen molar-refractivity contribution in [2.24, 2.45) is 41.4 Å². The molecule has 0 aromatic heterocycles. The lowest BCUT2D eigenvalue weighted by Crippen LogP contribution is -2.58. The molecule has 0 radical (unpaired) electrons. The fraction of sp³-hybridized carbons (Fsp3) is 0.773. The predicted molar refractivity (Wildman–Crippen MR) is 96.3 cm³/mol. The van der Waals surface area contributed by atoms with Crippen molar-refractivity contribution in [3.8, 4) is 0 Å². The zero-order valence-electron chi connectivity index (χ0n) is 16.1. The Morgan fingerprint density at radius 1 is 1.04 bits per heavy atom. The van der Waals surface area contributed by atoms with E-state index in [4.69, 9.17) is 9.47 Å². The number of carbonyl (C=O) groups is 3. The number of Topliss-reactive ketones (excluding diaryl/α,β-unsaturated/α-hetero) is 1. The first-order valence-electron chi connectivity index (χ1n) is 10.5. The lowest BCUT2D eigenvalue weighted by molar-refractivity contribution is -0.212. The monoisotopic (exact) mass is 372 g/mol. The Morgan fingerprint density at radius 2 is 1.67 bits per heavy atom. The first-order chi connectivity index (χ1) is 12.8. The SMILES string of the molecule is CC(OC(=O)C1CC2C=CC1C2=O)C(=O)OC1(C)C2CC3CC(C2)CC1C3. The molecule has 0 N–H and O–H groups in total. The zero-order valence-corrected chi connectivity index (χ0v) is 16.1. The van der Waals surface area contributed by atoms with E-state index in [-0.39, 0.29) is 17.6 Å². The van der Waals surface area contributed by atoms with Gasteiger partial charge in [-0.05, 0) is 76.0 Å². The minimum Gasteiger partial charge on any atom is -0.456 e. The molecule has 4 atom stereocenters. The molecule has 5 fully saturated rings. The van der Waals surface area contributed by atoms with Crippen LogP contribution in [0.3, 0.4) is 0 Å². The van der Waals surface area contributed by atoms with Gasteiger partial charge in [0.2, 0.25) is 0 Å². The molecule has 0 amide bonds. The number of rotatable bonds is 4. The Kier molecular flexibility index (Phi) is 3.83. The second kappa shape index (κ2) is 5.92. The van der Waals surface area contributed by atoms with Gasteiger partial charge in [-0.15, -0.1) is 0 Å². The van der Waals surface area contributed by atoms with Crippen LogP contribution in [0.25, 0.3) is 0 Å². The van der Waals surface area contributed by atoms with Crippen molar-refractivity contribution in [3.63, 3.8) is 0 Å². The maximum absolute atomic E-state index is 12.7. The van der Waals surface area contributed by atoms with E-state index < -0.39 is 29.6 Å². The summed E-state index contributed by atoms with van der Waals surface area (Å²) in [6.07, 6.45) is 9.24. The third kappa shape index (κ3) is 2.60. The molecule has 6 rings (SSSR count). The van der Waals surface area contributed by atoms with E-state index in [1.54, 1.807) is 13.0 Å². The highest BCUT2D eigenvalue weighted by Crippen LogP contribution is 2.59. The molecule has 0 aromatic rings. The number of ether oxygens (including phenoxy) is 2. The number of hydrogen-bond donors (Lipinski definition) is 0. The second-order valence-electron chi connectivity index (χ2n) is 9.75. The maximum Gasteiger partial charge on any atom is 0.347 e. The molecule has 0 spiro atoms. The van der Waals surface area contributed by atoms with E-state index in [0.29, 0.717) is 18.3 Å². The molecular formula is C22H28O5. The molecule has 146 valence electrons. The average molecular weight is 372 g/mol. The van der Waals surface area contributed by atoms with Crippen LogP contribution in [0.5, 0.6) is 0 Å². The quantitative estimate of drug-likeness (QED) is 0.560. The van der Waals surface area contributed by atoms with Crippen LogP contribution in [0.1, 0.15) is 52.4 Å². The number of hydrogen-bond acceptors (Lipinski definition) is 5. The van der Waals surface area contributed by atoms with E-state index in [1.807, 2.05) is 6.08 Å². The summed E-state index contributed by atoms with van der Waals surface area (Å²) in [5.41, 5.74) is -0.420. The minimum atomic E-state index is -0.926. The standard InChI is InChI=1S/C22H28O5/c1-11(26-21(25)18-10-14-3-4-17(18)19(14)23)20(24)27-22(2)15-6-12-5-13(8-15)9-16(22)7-12/h3-4,11-18H,5-10H2,1-2H3. The summed E-state index contributed by atoms with van der Waals surface area (Å²) >= 11 is 0. The first-order valence-corrected chi connectivity index (χ1v) is 10.5. The van der Waals surface area contributed by atoms with Crippen molar-refractivity contribution in [2.45, 2.75) is 64.1 Å². The number of fused-ring (bicyclic) bond motifs is 2. The Hall–Kier alpha value is -1.65. The molecular weight excluding hydrogens is 344 g/mol. The topological polar surface area (TPSA) is 69.7 Å². The molecule has 5 heteroatoms. The first kappa shape index (κ1) is 17.4. The summed E-state index contributed by atoms with van der Waals surface area (Å²) in [5, 5.41) is 0. The Bertz CT molecular complexity index is 694. The van der Waals surface area contributed by atoms with Crippen LogP contribution < -0.4 is 0 Å². The predicted octanol–water partition coefficient (Wildman–Crippen LogP) is 3.07.